The molecule has 1 heterocycles. The number of methoxy groups -OCH3 is 1. The predicted octanol–water partition coefficient (Wildman–Crippen LogP) is 3.64. The van der Waals surface area contributed by atoms with E-state index in [1.165, 1.54) is 23.1 Å². The number of likely N-dealkylation sites (tertiary alicyclic amines) is 1. The van der Waals surface area contributed by atoms with Crippen molar-refractivity contribution in [3.8, 4) is 11.1 Å². The van der Waals surface area contributed by atoms with Crippen molar-refractivity contribution in [1.29, 1.82) is 0 Å². The summed E-state index contributed by atoms with van der Waals surface area (Å²) in [6, 6.07) is 16.1. The number of aliphatic carboxylic acids is 1. The Balaban J connectivity index is 1.28. The van der Waals surface area contributed by atoms with Crippen LogP contribution >= 0.6 is 0 Å². The number of carboxylic acids is 1. The van der Waals surface area contributed by atoms with Crippen LogP contribution in [-0.2, 0) is 19.1 Å². The number of ether oxygens (including phenoxy) is 2. The molecule has 3 unspecified atom stereocenters. The molecule has 0 aromatic heterocycles. The van der Waals surface area contributed by atoms with Crippen LogP contribution in [0.1, 0.15) is 43.2 Å². The molecule has 2 amide bonds. The van der Waals surface area contributed by atoms with Crippen molar-refractivity contribution < 1.29 is 29.0 Å². The van der Waals surface area contributed by atoms with E-state index in [4.69, 9.17) is 9.47 Å². The largest absolute Gasteiger partial charge is 0.481 e. The average molecular weight is 481 g/mol. The van der Waals surface area contributed by atoms with Gasteiger partial charge >= 0.3 is 12.1 Å². The van der Waals surface area contributed by atoms with E-state index in [2.05, 4.69) is 29.6 Å². The molecule has 8 heteroatoms. The molecule has 2 aliphatic rings. The summed E-state index contributed by atoms with van der Waals surface area (Å²) in [5, 5.41) is 12.2. The quantitative estimate of drug-likeness (QED) is 0.568. The smallest absolute Gasteiger partial charge is 0.407 e. The maximum Gasteiger partial charge on any atom is 0.407 e. The van der Waals surface area contributed by atoms with Crippen molar-refractivity contribution in [2.45, 2.75) is 44.2 Å². The molecule has 0 spiro atoms. The Morgan fingerprint density at radius 2 is 1.69 bits per heavy atom. The number of carbonyl (C=O) groups is 3. The van der Waals surface area contributed by atoms with Gasteiger partial charge in [-0.1, -0.05) is 55.5 Å². The van der Waals surface area contributed by atoms with Crippen molar-refractivity contribution in [3.05, 3.63) is 59.7 Å². The zero-order valence-electron chi connectivity index (χ0n) is 20.1. The zero-order valence-corrected chi connectivity index (χ0v) is 20.1. The molecule has 1 fully saturated rings. The number of hydrogen-bond donors (Lipinski definition) is 2. The van der Waals surface area contributed by atoms with Crippen LogP contribution in [0, 0.1) is 5.92 Å². The van der Waals surface area contributed by atoms with Gasteiger partial charge in [0.25, 0.3) is 0 Å². The lowest BCUT2D eigenvalue weighted by Crippen LogP contribution is -2.37. The molecule has 0 radical (unpaired) electrons. The first-order chi connectivity index (χ1) is 16.9. The molecular weight excluding hydrogens is 448 g/mol. The van der Waals surface area contributed by atoms with Crippen molar-refractivity contribution in [2.75, 3.05) is 26.8 Å². The lowest BCUT2D eigenvalue weighted by Gasteiger charge is -2.20. The monoisotopic (exact) mass is 480 g/mol. The molecule has 2 aromatic carbocycles. The Morgan fingerprint density at radius 3 is 2.23 bits per heavy atom. The van der Waals surface area contributed by atoms with Gasteiger partial charge in [-0.3, -0.25) is 9.59 Å². The maximum absolute atomic E-state index is 12.6. The number of amides is 2. The molecule has 4 rings (SSSR count). The van der Waals surface area contributed by atoms with Crippen molar-refractivity contribution in [2.24, 2.45) is 5.92 Å². The van der Waals surface area contributed by atoms with Gasteiger partial charge in [-0.25, -0.2) is 4.79 Å². The van der Waals surface area contributed by atoms with Crippen LogP contribution in [0.3, 0.4) is 0 Å². The number of nitrogens with zero attached hydrogens (tertiary/aromatic N) is 1. The second kappa shape index (κ2) is 10.9. The maximum atomic E-state index is 12.6. The van der Waals surface area contributed by atoms with Crippen LogP contribution in [0.25, 0.3) is 11.1 Å². The third-order valence-electron chi connectivity index (χ3n) is 7.10. The van der Waals surface area contributed by atoms with Crippen LogP contribution in [-0.4, -0.2) is 66.9 Å². The minimum atomic E-state index is -0.962. The van der Waals surface area contributed by atoms with E-state index in [0.29, 0.717) is 12.8 Å². The minimum absolute atomic E-state index is 0.0131. The van der Waals surface area contributed by atoms with Gasteiger partial charge in [-0.15, -0.1) is 0 Å². The molecule has 0 saturated carbocycles. The first-order valence-electron chi connectivity index (χ1n) is 12.1. The van der Waals surface area contributed by atoms with Crippen LogP contribution in [0.2, 0.25) is 0 Å². The number of alkyl carbamates (subject to hydrolysis) is 1. The molecule has 1 aliphatic carbocycles. The molecule has 2 N–H and O–H groups in total. The van der Waals surface area contributed by atoms with Gasteiger partial charge in [-0.05, 0) is 35.1 Å². The summed E-state index contributed by atoms with van der Waals surface area (Å²) in [5.74, 6) is -1.83. The number of nitrogens with one attached hydrogen (secondary N) is 1. The number of fused-ring (bicyclic) bond motifs is 3. The minimum Gasteiger partial charge on any atom is -0.481 e. The highest BCUT2D eigenvalue weighted by Crippen LogP contribution is 2.44. The lowest BCUT2D eigenvalue weighted by molar-refractivity contribution is -0.144. The average Bonchev–Trinajstić information content (AvgIpc) is 3.45. The Hall–Kier alpha value is -3.39. The van der Waals surface area contributed by atoms with E-state index >= 15 is 0 Å². The molecule has 3 atom stereocenters. The molecule has 35 heavy (non-hydrogen) atoms. The fourth-order valence-corrected chi connectivity index (χ4v) is 5.09. The number of carboxylic acid groups (broad SMARTS) is 1. The Kier molecular flexibility index (Phi) is 7.70. The summed E-state index contributed by atoms with van der Waals surface area (Å²) < 4.78 is 10.9. The third kappa shape index (κ3) is 5.32. The topological polar surface area (TPSA) is 105 Å². The van der Waals surface area contributed by atoms with Gasteiger partial charge in [0, 0.05) is 38.6 Å². The van der Waals surface area contributed by atoms with E-state index in [1.54, 1.807) is 0 Å². The van der Waals surface area contributed by atoms with Crippen molar-refractivity contribution in [1.82, 2.24) is 10.2 Å². The van der Waals surface area contributed by atoms with Crippen molar-refractivity contribution >= 4 is 18.0 Å². The zero-order chi connectivity index (χ0) is 24.9. The summed E-state index contributed by atoms with van der Waals surface area (Å²) in [6.07, 6.45) is 0.307. The van der Waals surface area contributed by atoms with Gasteiger partial charge in [0.05, 0.1) is 6.10 Å². The van der Waals surface area contributed by atoms with E-state index < -0.39 is 24.1 Å². The standard InChI is InChI=1S/C27H32N2O6/c1-3-17(12-13-25(30)29-14-22(26(31)32)24(15-29)34-2)28-27(33)35-16-23-20-10-6-4-8-18(20)19-9-5-7-11-21(19)23/h4-11,17,22-24H,3,12-16H2,1-2H3,(H,28,33)(H,31,32). The Bertz CT molecular complexity index is 1040. The van der Waals surface area contributed by atoms with E-state index in [0.717, 1.165) is 11.1 Å². The normalized spacial score (nSPS) is 19.7. The highest BCUT2D eigenvalue weighted by molar-refractivity contribution is 5.80. The molecule has 0 bridgehead atoms. The lowest BCUT2D eigenvalue weighted by atomic mass is 9.98. The predicted molar refractivity (Wildman–Crippen MR) is 130 cm³/mol. The second-order valence-electron chi connectivity index (χ2n) is 9.13. The molecule has 1 saturated heterocycles. The van der Waals surface area contributed by atoms with E-state index in [-0.39, 0.29) is 44.0 Å². The second-order valence-corrected chi connectivity index (χ2v) is 9.13. The number of benzene rings is 2. The number of carbonyl (C=O) groups excluding carboxylic acids is 2. The van der Waals surface area contributed by atoms with Crippen LogP contribution in [0.15, 0.2) is 48.5 Å². The summed E-state index contributed by atoms with van der Waals surface area (Å²) in [4.78, 5) is 38.2. The first-order valence-corrected chi connectivity index (χ1v) is 12.1. The summed E-state index contributed by atoms with van der Waals surface area (Å²) in [6.45, 7) is 2.58. The number of rotatable bonds is 9. The first kappa shape index (κ1) is 24.7. The summed E-state index contributed by atoms with van der Waals surface area (Å²) in [5.41, 5.74) is 4.65. The summed E-state index contributed by atoms with van der Waals surface area (Å²) in [7, 11) is 1.46. The number of hydrogen-bond acceptors (Lipinski definition) is 5. The van der Waals surface area contributed by atoms with Gasteiger partial charge in [0.1, 0.15) is 12.5 Å². The molecule has 186 valence electrons. The summed E-state index contributed by atoms with van der Waals surface area (Å²) >= 11 is 0. The van der Waals surface area contributed by atoms with E-state index in [9.17, 15) is 19.5 Å². The molecular formula is C27H32N2O6. The highest BCUT2D eigenvalue weighted by atomic mass is 16.5. The van der Waals surface area contributed by atoms with Gasteiger partial charge in [0.15, 0.2) is 0 Å². The third-order valence-corrected chi connectivity index (χ3v) is 7.10. The van der Waals surface area contributed by atoms with Gasteiger partial charge in [0.2, 0.25) is 5.91 Å². The van der Waals surface area contributed by atoms with Crippen LogP contribution in [0.5, 0.6) is 0 Å². The van der Waals surface area contributed by atoms with Crippen LogP contribution in [0.4, 0.5) is 4.79 Å². The Morgan fingerprint density at radius 1 is 1.06 bits per heavy atom. The van der Waals surface area contributed by atoms with E-state index in [1.807, 2.05) is 31.2 Å². The highest BCUT2D eigenvalue weighted by Gasteiger charge is 2.39. The van der Waals surface area contributed by atoms with Crippen LogP contribution < -0.4 is 5.32 Å². The SMILES string of the molecule is CCC(CCC(=O)N1CC(OC)C(C(=O)O)C1)NC(=O)OCC1c2ccccc2-c2ccccc21. The fourth-order valence-electron chi connectivity index (χ4n) is 5.09. The fraction of sp³-hybridized carbons (Fsp3) is 0.444. The molecule has 2 aromatic rings. The molecule has 1 aliphatic heterocycles. The van der Waals surface area contributed by atoms with Crippen molar-refractivity contribution in [3.63, 3.8) is 0 Å². The van der Waals surface area contributed by atoms with Gasteiger partial charge < -0.3 is 24.8 Å². The molecule has 8 nitrogen and oxygen atoms in total. The Labute approximate surface area is 205 Å². The van der Waals surface area contributed by atoms with Gasteiger partial charge in [-0.2, -0.15) is 0 Å².